The summed E-state index contributed by atoms with van der Waals surface area (Å²) in [5, 5.41) is 3.28. The van der Waals surface area contributed by atoms with Crippen molar-refractivity contribution in [2.75, 3.05) is 5.32 Å². The van der Waals surface area contributed by atoms with Crippen molar-refractivity contribution in [2.24, 2.45) is 14.1 Å². The van der Waals surface area contributed by atoms with Crippen LogP contribution in [0.4, 0.5) is 5.69 Å². The first-order valence-corrected chi connectivity index (χ1v) is 7.37. The van der Waals surface area contributed by atoms with Gasteiger partial charge in [-0.25, -0.2) is 4.79 Å². The van der Waals surface area contributed by atoms with Gasteiger partial charge in [0, 0.05) is 30.3 Å². The fourth-order valence-corrected chi connectivity index (χ4v) is 3.08. The van der Waals surface area contributed by atoms with E-state index in [4.69, 9.17) is 0 Å². The Bertz CT molecular complexity index is 783. The van der Waals surface area contributed by atoms with Crippen molar-refractivity contribution in [1.82, 2.24) is 9.13 Å². The van der Waals surface area contributed by atoms with E-state index in [0.717, 1.165) is 20.3 Å². The summed E-state index contributed by atoms with van der Waals surface area (Å²) in [5.74, 6) is 0. The van der Waals surface area contributed by atoms with Crippen LogP contribution < -0.4 is 16.6 Å². The van der Waals surface area contributed by atoms with E-state index in [1.165, 1.54) is 23.2 Å². The molecule has 21 heavy (non-hydrogen) atoms. The number of nitrogens with zero attached hydrogens (tertiary/aromatic N) is 2. The second-order valence-corrected chi connectivity index (χ2v) is 6.02. The lowest BCUT2D eigenvalue weighted by molar-refractivity contribution is 0.655. The van der Waals surface area contributed by atoms with E-state index in [1.54, 1.807) is 7.05 Å². The molecule has 112 valence electrons. The number of aryl methyl sites for hydroxylation is 2. The fourth-order valence-electron chi connectivity index (χ4n) is 2.27. The van der Waals surface area contributed by atoms with Gasteiger partial charge in [-0.1, -0.05) is 6.07 Å². The largest absolute Gasteiger partial charge is 0.378 e. The molecule has 1 aromatic heterocycles. The molecule has 2 aromatic rings. The minimum Gasteiger partial charge on any atom is -0.378 e. The summed E-state index contributed by atoms with van der Waals surface area (Å²) in [5.41, 5.74) is 3.28. The molecular weight excluding hydrogens is 334 g/mol. The summed E-state index contributed by atoms with van der Waals surface area (Å²) in [6.45, 7) is 4.46. The molecule has 0 saturated heterocycles. The van der Waals surface area contributed by atoms with Crippen LogP contribution in [0.15, 0.2) is 32.3 Å². The van der Waals surface area contributed by atoms with E-state index >= 15 is 0 Å². The quantitative estimate of drug-likeness (QED) is 0.920. The molecule has 0 atom stereocenters. The first-order valence-electron chi connectivity index (χ1n) is 6.58. The van der Waals surface area contributed by atoms with Crippen molar-refractivity contribution >= 4 is 21.6 Å². The smallest absolute Gasteiger partial charge is 0.330 e. The van der Waals surface area contributed by atoms with Crippen molar-refractivity contribution in [1.29, 1.82) is 0 Å². The molecule has 0 aliphatic carbocycles. The predicted octanol–water partition coefficient (Wildman–Crippen LogP) is 2.08. The van der Waals surface area contributed by atoms with Gasteiger partial charge in [-0.15, -0.1) is 0 Å². The van der Waals surface area contributed by atoms with Gasteiger partial charge in [0.15, 0.2) is 0 Å². The van der Waals surface area contributed by atoms with Crippen LogP contribution in [0.3, 0.4) is 0 Å². The average molecular weight is 352 g/mol. The highest BCUT2D eigenvalue weighted by Gasteiger charge is 2.08. The number of halogens is 1. The molecule has 5 nitrogen and oxygen atoms in total. The molecular formula is C15H18BrN3O2. The van der Waals surface area contributed by atoms with E-state index < -0.39 is 0 Å². The Morgan fingerprint density at radius 2 is 1.76 bits per heavy atom. The van der Waals surface area contributed by atoms with Crippen LogP contribution in [0.2, 0.25) is 0 Å². The summed E-state index contributed by atoms with van der Waals surface area (Å²) in [7, 11) is 3.14. The third kappa shape index (κ3) is 3.10. The zero-order valence-corrected chi connectivity index (χ0v) is 14.1. The molecule has 0 amide bonds. The Hall–Kier alpha value is -1.82. The Morgan fingerprint density at radius 3 is 2.38 bits per heavy atom. The molecule has 1 heterocycles. The van der Waals surface area contributed by atoms with E-state index in [1.807, 2.05) is 19.9 Å². The maximum atomic E-state index is 11.9. The number of nitrogens with one attached hydrogen (secondary N) is 1. The zero-order valence-electron chi connectivity index (χ0n) is 12.5. The van der Waals surface area contributed by atoms with E-state index in [0.29, 0.717) is 12.2 Å². The van der Waals surface area contributed by atoms with Gasteiger partial charge in [0.2, 0.25) is 0 Å². The van der Waals surface area contributed by atoms with Crippen LogP contribution in [-0.4, -0.2) is 9.13 Å². The molecule has 2 rings (SSSR count). The molecule has 1 N–H and O–H groups in total. The summed E-state index contributed by atoms with van der Waals surface area (Å²) >= 11 is 3.53. The highest BCUT2D eigenvalue weighted by Crippen LogP contribution is 2.28. The molecule has 0 spiro atoms. The molecule has 0 bridgehead atoms. The molecule has 1 aromatic carbocycles. The lowest BCUT2D eigenvalue weighted by Gasteiger charge is -2.15. The number of hydrogen-bond acceptors (Lipinski definition) is 3. The van der Waals surface area contributed by atoms with Gasteiger partial charge in [-0.2, -0.15) is 0 Å². The first kappa shape index (κ1) is 15.6. The Balaban J connectivity index is 2.34. The number of hydrogen-bond donors (Lipinski definition) is 1. The molecule has 0 saturated carbocycles. The Kier molecular flexibility index (Phi) is 4.37. The predicted molar refractivity (Wildman–Crippen MR) is 87.9 cm³/mol. The van der Waals surface area contributed by atoms with Gasteiger partial charge in [0.1, 0.15) is 0 Å². The molecule has 0 aliphatic heterocycles. The average Bonchev–Trinajstić information content (AvgIpc) is 2.40. The maximum Gasteiger partial charge on any atom is 0.330 e. The normalized spacial score (nSPS) is 10.7. The van der Waals surface area contributed by atoms with E-state index in [9.17, 15) is 9.59 Å². The number of rotatable bonds is 3. The van der Waals surface area contributed by atoms with Crippen molar-refractivity contribution in [3.05, 3.63) is 60.3 Å². The third-order valence-electron chi connectivity index (χ3n) is 3.50. The SMILES string of the molecule is Cc1cc(C)c(NCc2cc(=O)n(C)c(=O)n2C)c(Br)c1. The minimum atomic E-state index is -0.320. The number of aromatic nitrogens is 2. The first-order chi connectivity index (χ1) is 9.81. The molecule has 0 fully saturated rings. The van der Waals surface area contributed by atoms with Gasteiger partial charge in [0.05, 0.1) is 12.2 Å². The fraction of sp³-hybridized carbons (Fsp3) is 0.333. The van der Waals surface area contributed by atoms with Crippen molar-refractivity contribution in [3.63, 3.8) is 0 Å². The van der Waals surface area contributed by atoms with Crippen LogP contribution in [0.1, 0.15) is 16.8 Å². The van der Waals surface area contributed by atoms with Gasteiger partial charge >= 0.3 is 5.69 Å². The van der Waals surface area contributed by atoms with Crippen molar-refractivity contribution in [3.8, 4) is 0 Å². The standard InChI is InChI=1S/C15H18BrN3O2/c1-9-5-10(2)14(12(16)6-9)17-8-11-7-13(20)19(4)15(21)18(11)3/h5-7,17H,8H2,1-4H3. The van der Waals surface area contributed by atoms with Crippen LogP contribution in [0, 0.1) is 13.8 Å². The van der Waals surface area contributed by atoms with Crippen LogP contribution in [-0.2, 0) is 20.6 Å². The van der Waals surface area contributed by atoms with Gasteiger partial charge in [-0.05, 0) is 47.0 Å². The van der Waals surface area contributed by atoms with Crippen LogP contribution in [0.25, 0.3) is 0 Å². The lowest BCUT2D eigenvalue weighted by atomic mass is 10.1. The van der Waals surface area contributed by atoms with Gasteiger partial charge in [0.25, 0.3) is 5.56 Å². The minimum absolute atomic E-state index is 0.297. The summed E-state index contributed by atoms with van der Waals surface area (Å²) in [6.07, 6.45) is 0. The summed E-state index contributed by atoms with van der Waals surface area (Å²) in [6, 6.07) is 5.58. The monoisotopic (exact) mass is 351 g/mol. The second kappa shape index (κ2) is 5.89. The van der Waals surface area contributed by atoms with Crippen LogP contribution in [0.5, 0.6) is 0 Å². The number of benzene rings is 1. The van der Waals surface area contributed by atoms with Crippen molar-refractivity contribution in [2.45, 2.75) is 20.4 Å². The molecule has 0 unspecified atom stereocenters. The summed E-state index contributed by atoms with van der Waals surface area (Å²) < 4.78 is 3.54. The van der Waals surface area contributed by atoms with E-state index in [-0.39, 0.29) is 11.2 Å². The Morgan fingerprint density at radius 1 is 1.10 bits per heavy atom. The van der Waals surface area contributed by atoms with Gasteiger partial charge in [-0.3, -0.25) is 13.9 Å². The summed E-state index contributed by atoms with van der Waals surface area (Å²) in [4.78, 5) is 23.6. The zero-order chi connectivity index (χ0) is 15.7. The van der Waals surface area contributed by atoms with Crippen molar-refractivity contribution < 1.29 is 0 Å². The third-order valence-corrected chi connectivity index (χ3v) is 4.13. The maximum absolute atomic E-state index is 11.9. The molecule has 0 radical (unpaired) electrons. The topological polar surface area (TPSA) is 56.0 Å². The highest BCUT2D eigenvalue weighted by atomic mass is 79.9. The highest BCUT2D eigenvalue weighted by molar-refractivity contribution is 9.10. The molecule has 6 heteroatoms. The Labute approximate surface area is 131 Å². The lowest BCUT2D eigenvalue weighted by Crippen LogP contribution is -2.38. The van der Waals surface area contributed by atoms with E-state index in [2.05, 4.69) is 27.3 Å². The van der Waals surface area contributed by atoms with Gasteiger partial charge < -0.3 is 5.32 Å². The van der Waals surface area contributed by atoms with Crippen LogP contribution >= 0.6 is 15.9 Å². The molecule has 0 aliphatic rings. The second-order valence-electron chi connectivity index (χ2n) is 5.17. The number of anilines is 1.